The monoisotopic (exact) mass is 431 g/mol. The third-order valence-corrected chi connectivity index (χ3v) is 4.37. The van der Waals surface area contributed by atoms with Gasteiger partial charge in [-0.3, -0.25) is 9.59 Å². The van der Waals surface area contributed by atoms with Crippen LogP contribution in [0.1, 0.15) is 36.7 Å². The lowest BCUT2D eigenvalue weighted by Crippen LogP contribution is -2.40. The summed E-state index contributed by atoms with van der Waals surface area (Å²) < 4.78 is 0. The molecule has 0 saturated carbocycles. The number of fused-ring (bicyclic) bond motifs is 1. The number of H-pyrrole nitrogens is 1. The number of hydrogen-bond acceptors (Lipinski definition) is 6. The summed E-state index contributed by atoms with van der Waals surface area (Å²) in [5, 5.41) is 15.3. The molecule has 0 unspecified atom stereocenters. The van der Waals surface area contributed by atoms with Gasteiger partial charge >= 0.3 is 0 Å². The number of nitriles is 1. The summed E-state index contributed by atoms with van der Waals surface area (Å²) in [7, 11) is 3.20. The van der Waals surface area contributed by atoms with Gasteiger partial charge < -0.3 is 20.5 Å². The van der Waals surface area contributed by atoms with Crippen molar-refractivity contribution in [1.82, 2.24) is 25.2 Å². The molecule has 3 rings (SSSR count). The van der Waals surface area contributed by atoms with Crippen LogP contribution in [0.5, 0.6) is 0 Å². The smallest absolute Gasteiger partial charge is 0.264 e. The van der Waals surface area contributed by atoms with Gasteiger partial charge in [-0.2, -0.15) is 5.26 Å². The number of aromatic amines is 1. The first-order valence-corrected chi connectivity index (χ1v) is 9.94. The Morgan fingerprint density at radius 3 is 2.47 bits per heavy atom. The van der Waals surface area contributed by atoms with E-state index in [-0.39, 0.29) is 22.9 Å². The van der Waals surface area contributed by atoms with E-state index >= 15 is 0 Å². The molecule has 0 aliphatic heterocycles. The Hall–Kier alpha value is -4.19. The number of carbonyl (C=O) groups excluding carboxylic acids is 2. The Kier molecular flexibility index (Phi) is 6.25. The molecule has 32 heavy (non-hydrogen) atoms. The Labute approximate surface area is 186 Å². The number of rotatable bonds is 5. The van der Waals surface area contributed by atoms with Gasteiger partial charge in [0.05, 0.1) is 11.8 Å². The molecule has 0 spiro atoms. The molecule has 0 bridgehead atoms. The van der Waals surface area contributed by atoms with Crippen LogP contribution >= 0.6 is 0 Å². The number of likely N-dealkylation sites (N-methyl/N-ethyl adjacent to an activating group) is 1. The van der Waals surface area contributed by atoms with Gasteiger partial charge in [0.1, 0.15) is 23.0 Å². The van der Waals surface area contributed by atoms with Crippen molar-refractivity contribution in [3.63, 3.8) is 0 Å². The highest BCUT2D eigenvalue weighted by Crippen LogP contribution is 2.21. The van der Waals surface area contributed by atoms with Crippen molar-refractivity contribution in [3.05, 3.63) is 53.4 Å². The van der Waals surface area contributed by atoms with Gasteiger partial charge in [0.2, 0.25) is 0 Å². The summed E-state index contributed by atoms with van der Waals surface area (Å²) in [4.78, 5) is 37.8. The first-order valence-electron chi connectivity index (χ1n) is 9.94. The summed E-state index contributed by atoms with van der Waals surface area (Å²) in [6, 6.07) is 9.10. The number of benzene rings is 1. The predicted octanol–water partition coefficient (Wildman–Crippen LogP) is 3.22. The molecule has 9 heteroatoms. The van der Waals surface area contributed by atoms with Crippen LogP contribution in [-0.2, 0) is 4.79 Å². The second-order valence-electron chi connectivity index (χ2n) is 8.48. The van der Waals surface area contributed by atoms with Crippen molar-refractivity contribution < 1.29 is 9.59 Å². The van der Waals surface area contributed by atoms with E-state index < -0.39 is 0 Å². The molecule has 0 atom stereocenters. The van der Waals surface area contributed by atoms with Crippen LogP contribution in [0.15, 0.2) is 42.2 Å². The van der Waals surface area contributed by atoms with Crippen molar-refractivity contribution in [2.75, 3.05) is 19.4 Å². The topological polar surface area (TPSA) is 127 Å². The average Bonchev–Trinajstić information content (AvgIpc) is 3.15. The van der Waals surface area contributed by atoms with Crippen LogP contribution in [0.25, 0.3) is 17.2 Å². The summed E-state index contributed by atoms with van der Waals surface area (Å²) >= 11 is 0. The van der Waals surface area contributed by atoms with E-state index in [0.717, 1.165) is 11.3 Å². The maximum absolute atomic E-state index is 12.6. The van der Waals surface area contributed by atoms with Crippen molar-refractivity contribution >= 4 is 40.6 Å². The van der Waals surface area contributed by atoms with Crippen LogP contribution in [0.4, 0.5) is 11.5 Å². The number of carbonyl (C=O) groups is 2. The Balaban J connectivity index is 1.81. The fourth-order valence-electron chi connectivity index (χ4n) is 2.89. The van der Waals surface area contributed by atoms with Gasteiger partial charge in [-0.15, -0.1) is 0 Å². The maximum atomic E-state index is 12.6. The highest BCUT2D eigenvalue weighted by molar-refractivity contribution is 6.05. The second kappa shape index (κ2) is 8.89. The van der Waals surface area contributed by atoms with E-state index in [0.29, 0.717) is 22.5 Å². The van der Waals surface area contributed by atoms with Crippen molar-refractivity contribution in [3.8, 4) is 6.07 Å². The lowest BCUT2D eigenvalue weighted by atomic mass is 10.1. The average molecular weight is 432 g/mol. The van der Waals surface area contributed by atoms with Gasteiger partial charge in [-0.1, -0.05) is 12.1 Å². The minimum Gasteiger partial charge on any atom is -0.347 e. The Morgan fingerprint density at radius 2 is 1.88 bits per heavy atom. The molecule has 2 heterocycles. The molecule has 2 amide bonds. The summed E-state index contributed by atoms with van der Waals surface area (Å²) in [5.74, 6) is -0.103. The largest absolute Gasteiger partial charge is 0.347 e. The third kappa shape index (κ3) is 5.29. The van der Waals surface area contributed by atoms with Crippen LogP contribution in [-0.4, -0.2) is 51.3 Å². The SMILES string of the molecule is CN(C)C(=O)/C(C#N)=C\c1ccc(Nc2cnc3[nH]cc(C(=O)NC(C)(C)C)c3n2)cc1. The fraction of sp³-hybridized carbons (Fsp3) is 0.261. The number of aromatic nitrogens is 3. The lowest BCUT2D eigenvalue weighted by molar-refractivity contribution is -0.124. The number of anilines is 2. The predicted molar refractivity (Wildman–Crippen MR) is 123 cm³/mol. The first-order chi connectivity index (χ1) is 15.1. The molecule has 3 N–H and O–H groups in total. The quantitative estimate of drug-likeness (QED) is 0.420. The molecule has 3 aromatic rings. The molecule has 2 aromatic heterocycles. The number of nitrogens with one attached hydrogen (secondary N) is 3. The molecule has 164 valence electrons. The molecule has 9 nitrogen and oxygen atoms in total. The zero-order valence-electron chi connectivity index (χ0n) is 18.6. The fourth-order valence-corrected chi connectivity index (χ4v) is 2.89. The van der Waals surface area contributed by atoms with Gasteiger partial charge in [0.25, 0.3) is 11.8 Å². The van der Waals surface area contributed by atoms with Crippen LogP contribution in [0.2, 0.25) is 0 Å². The number of amides is 2. The van der Waals surface area contributed by atoms with Gasteiger partial charge in [0, 0.05) is 31.5 Å². The zero-order valence-corrected chi connectivity index (χ0v) is 18.6. The number of nitrogens with zero attached hydrogens (tertiary/aromatic N) is 4. The minimum absolute atomic E-state index is 0.0561. The Bertz CT molecular complexity index is 1230. The lowest BCUT2D eigenvalue weighted by Gasteiger charge is -2.20. The van der Waals surface area contributed by atoms with E-state index in [1.807, 2.05) is 26.8 Å². The molecule has 1 aromatic carbocycles. The highest BCUT2D eigenvalue weighted by atomic mass is 16.2. The molecule has 0 aliphatic carbocycles. The molecule has 0 aliphatic rings. The minimum atomic E-state index is -0.372. The summed E-state index contributed by atoms with van der Waals surface area (Å²) in [6.45, 7) is 5.73. The highest BCUT2D eigenvalue weighted by Gasteiger charge is 2.20. The van der Waals surface area contributed by atoms with Gasteiger partial charge in [-0.25, -0.2) is 9.97 Å². The molecule has 0 fully saturated rings. The standard InChI is InChI=1S/C23H25N7O2/c1-23(2,3)29-21(31)17-12-25-20-19(17)28-18(13-26-20)27-16-8-6-14(7-9-16)10-15(11-24)22(32)30(4)5/h6-10,12-13H,1-5H3,(H,25,26)(H,27,28)(H,29,31)/b15-10-. The van der Waals surface area contributed by atoms with Gasteiger partial charge in [-0.05, 0) is 44.5 Å². The maximum Gasteiger partial charge on any atom is 0.264 e. The second-order valence-corrected chi connectivity index (χ2v) is 8.48. The van der Waals surface area contributed by atoms with Crippen molar-refractivity contribution in [2.24, 2.45) is 0 Å². The molecular formula is C23H25N7O2. The first kappa shape index (κ1) is 22.5. The van der Waals surface area contributed by atoms with E-state index in [1.54, 1.807) is 50.8 Å². The van der Waals surface area contributed by atoms with Crippen LogP contribution < -0.4 is 10.6 Å². The zero-order chi connectivity index (χ0) is 23.5. The van der Waals surface area contributed by atoms with E-state index in [2.05, 4.69) is 25.6 Å². The molecule has 0 saturated heterocycles. The van der Waals surface area contributed by atoms with Crippen molar-refractivity contribution in [1.29, 1.82) is 5.26 Å². The normalized spacial score (nSPS) is 11.7. The number of hydrogen-bond donors (Lipinski definition) is 3. The summed E-state index contributed by atoms with van der Waals surface area (Å²) in [5.41, 5.74) is 2.55. The molecule has 0 radical (unpaired) electrons. The van der Waals surface area contributed by atoms with E-state index in [1.165, 1.54) is 11.0 Å². The van der Waals surface area contributed by atoms with Gasteiger partial charge in [0.15, 0.2) is 5.65 Å². The van der Waals surface area contributed by atoms with Crippen LogP contribution in [0, 0.1) is 11.3 Å². The summed E-state index contributed by atoms with van der Waals surface area (Å²) in [6.07, 6.45) is 4.71. The Morgan fingerprint density at radius 1 is 1.19 bits per heavy atom. The van der Waals surface area contributed by atoms with E-state index in [4.69, 9.17) is 0 Å². The third-order valence-electron chi connectivity index (χ3n) is 4.37. The van der Waals surface area contributed by atoms with E-state index in [9.17, 15) is 14.9 Å². The van der Waals surface area contributed by atoms with Crippen LogP contribution in [0.3, 0.4) is 0 Å². The molecular weight excluding hydrogens is 406 g/mol. The van der Waals surface area contributed by atoms with Crippen molar-refractivity contribution in [2.45, 2.75) is 26.3 Å².